The normalized spacial score (nSPS) is 11.4. The fraction of sp³-hybridized carbons (Fsp3) is 0.556. The van der Waals surface area contributed by atoms with E-state index in [1.54, 1.807) is 5.38 Å². The minimum absolute atomic E-state index is 0.150. The highest BCUT2D eigenvalue weighted by Gasteiger charge is 2.10. The highest BCUT2D eigenvalue weighted by Crippen LogP contribution is 2.09. The summed E-state index contributed by atoms with van der Waals surface area (Å²) < 4.78 is 21.3. The molecule has 0 atom stereocenters. The average Bonchev–Trinajstić information content (AvgIpc) is 2.72. The number of sulfonamides is 1. The summed E-state index contributed by atoms with van der Waals surface area (Å²) in [5, 5.41) is 9.88. The molecule has 102 valence electrons. The van der Waals surface area contributed by atoms with Gasteiger partial charge in [0.25, 0.3) is 5.91 Å². The number of nitrogens with two attached hydrogens (primary N) is 2. The molecular formula is C9H16N4O3S2. The van der Waals surface area contributed by atoms with Crippen LogP contribution in [0.5, 0.6) is 0 Å². The molecule has 1 amide bonds. The molecule has 7 nitrogen and oxygen atoms in total. The van der Waals surface area contributed by atoms with Crippen LogP contribution in [-0.4, -0.2) is 38.2 Å². The van der Waals surface area contributed by atoms with Gasteiger partial charge in [-0.05, 0) is 13.0 Å². The monoisotopic (exact) mass is 292 g/mol. The number of thiazole rings is 1. The van der Waals surface area contributed by atoms with Gasteiger partial charge in [-0.15, -0.1) is 11.3 Å². The van der Waals surface area contributed by atoms with Crippen molar-refractivity contribution in [1.82, 2.24) is 10.3 Å². The quantitative estimate of drug-likeness (QED) is 0.558. The van der Waals surface area contributed by atoms with E-state index in [9.17, 15) is 13.2 Å². The Balaban J connectivity index is 2.36. The van der Waals surface area contributed by atoms with Crippen molar-refractivity contribution in [2.45, 2.75) is 12.8 Å². The van der Waals surface area contributed by atoms with Crippen LogP contribution in [0.3, 0.4) is 0 Å². The van der Waals surface area contributed by atoms with E-state index in [1.165, 1.54) is 11.3 Å². The third kappa shape index (κ3) is 5.54. The molecule has 0 saturated carbocycles. The number of carbonyl (C=O) groups excluding carboxylic acids is 1. The number of nitrogens with zero attached hydrogens (tertiary/aromatic N) is 1. The fourth-order valence-electron chi connectivity index (χ4n) is 1.22. The van der Waals surface area contributed by atoms with Crippen molar-refractivity contribution in [2.75, 3.05) is 18.8 Å². The molecule has 0 aliphatic rings. The Morgan fingerprint density at radius 1 is 1.50 bits per heavy atom. The van der Waals surface area contributed by atoms with E-state index in [1.807, 2.05) is 0 Å². The van der Waals surface area contributed by atoms with Gasteiger partial charge in [0.2, 0.25) is 10.0 Å². The Morgan fingerprint density at radius 2 is 2.22 bits per heavy atom. The lowest BCUT2D eigenvalue weighted by atomic mass is 10.4. The van der Waals surface area contributed by atoms with E-state index in [4.69, 9.17) is 10.9 Å². The summed E-state index contributed by atoms with van der Waals surface area (Å²) in [4.78, 5) is 15.7. The molecule has 1 heterocycles. The first-order valence-corrected chi connectivity index (χ1v) is 7.95. The summed E-state index contributed by atoms with van der Waals surface area (Å²) in [5.41, 5.74) is 5.71. The lowest BCUT2D eigenvalue weighted by Crippen LogP contribution is -2.27. The van der Waals surface area contributed by atoms with Crippen molar-refractivity contribution in [1.29, 1.82) is 0 Å². The van der Waals surface area contributed by atoms with E-state index in [0.717, 1.165) is 5.01 Å². The highest BCUT2D eigenvalue weighted by atomic mass is 32.2. The van der Waals surface area contributed by atoms with Gasteiger partial charge in [-0.2, -0.15) is 0 Å². The molecule has 0 saturated heterocycles. The maximum Gasteiger partial charge on any atom is 0.270 e. The van der Waals surface area contributed by atoms with Gasteiger partial charge in [-0.3, -0.25) is 4.79 Å². The van der Waals surface area contributed by atoms with Gasteiger partial charge >= 0.3 is 0 Å². The first kappa shape index (κ1) is 15.0. The molecule has 0 aliphatic heterocycles. The second-order valence-corrected chi connectivity index (χ2v) is 6.32. The highest BCUT2D eigenvalue weighted by molar-refractivity contribution is 7.89. The van der Waals surface area contributed by atoms with Crippen LogP contribution in [0.4, 0.5) is 0 Å². The Bertz CT molecular complexity index is 498. The molecule has 0 fully saturated rings. The molecule has 1 aromatic rings. The van der Waals surface area contributed by atoms with Crippen molar-refractivity contribution in [3.8, 4) is 0 Å². The second-order valence-electron chi connectivity index (χ2n) is 3.64. The molecule has 0 aromatic carbocycles. The summed E-state index contributed by atoms with van der Waals surface area (Å²) >= 11 is 1.38. The molecule has 1 aromatic heterocycles. The second kappa shape index (κ2) is 6.78. The summed E-state index contributed by atoms with van der Waals surface area (Å²) in [6.07, 6.45) is 0.924. The third-order valence-corrected chi connectivity index (χ3v) is 3.80. The largest absolute Gasteiger partial charge is 0.351 e. The summed E-state index contributed by atoms with van der Waals surface area (Å²) in [6.45, 7) is 0.738. The molecule has 18 heavy (non-hydrogen) atoms. The zero-order chi connectivity index (χ0) is 13.6. The number of amides is 1. The maximum absolute atomic E-state index is 11.6. The van der Waals surface area contributed by atoms with Crippen LogP contribution in [0.25, 0.3) is 0 Å². The zero-order valence-corrected chi connectivity index (χ0v) is 11.4. The van der Waals surface area contributed by atoms with Crippen LogP contribution < -0.4 is 16.2 Å². The average molecular weight is 292 g/mol. The first-order valence-electron chi connectivity index (χ1n) is 5.35. The topological polar surface area (TPSA) is 128 Å². The van der Waals surface area contributed by atoms with Crippen molar-refractivity contribution >= 4 is 27.3 Å². The van der Waals surface area contributed by atoms with Crippen molar-refractivity contribution in [3.05, 3.63) is 16.1 Å². The Kier molecular flexibility index (Phi) is 5.66. The molecule has 0 unspecified atom stereocenters. The van der Waals surface area contributed by atoms with Crippen molar-refractivity contribution in [2.24, 2.45) is 10.9 Å². The van der Waals surface area contributed by atoms with Crippen LogP contribution in [0, 0.1) is 0 Å². The van der Waals surface area contributed by atoms with Crippen molar-refractivity contribution in [3.63, 3.8) is 0 Å². The number of primary sulfonamides is 1. The lowest BCUT2D eigenvalue weighted by molar-refractivity contribution is 0.0949. The lowest BCUT2D eigenvalue weighted by Gasteiger charge is -2.02. The molecule has 9 heteroatoms. The number of rotatable bonds is 7. The summed E-state index contributed by atoms with van der Waals surface area (Å²) in [6, 6.07) is 0. The minimum atomic E-state index is -3.47. The number of hydrogen-bond acceptors (Lipinski definition) is 6. The van der Waals surface area contributed by atoms with Crippen LogP contribution in [0.15, 0.2) is 5.38 Å². The van der Waals surface area contributed by atoms with E-state index >= 15 is 0 Å². The fourth-order valence-corrected chi connectivity index (χ4v) is 2.56. The number of hydrogen-bond donors (Lipinski definition) is 3. The zero-order valence-electron chi connectivity index (χ0n) is 9.76. The maximum atomic E-state index is 11.6. The molecule has 0 bridgehead atoms. The van der Waals surface area contributed by atoms with E-state index in [2.05, 4.69) is 10.3 Å². The molecule has 0 spiro atoms. The molecule has 0 radical (unpaired) electrons. The van der Waals surface area contributed by atoms with Crippen LogP contribution >= 0.6 is 11.3 Å². The van der Waals surface area contributed by atoms with E-state index in [0.29, 0.717) is 18.7 Å². The summed E-state index contributed by atoms with van der Waals surface area (Å²) in [7, 11) is -3.47. The van der Waals surface area contributed by atoms with Gasteiger partial charge in [0, 0.05) is 18.3 Å². The van der Waals surface area contributed by atoms with Crippen LogP contribution in [0.2, 0.25) is 0 Å². The van der Waals surface area contributed by atoms with Gasteiger partial charge in [0.1, 0.15) is 5.69 Å². The number of nitrogens with one attached hydrogen (secondary N) is 1. The van der Waals surface area contributed by atoms with Gasteiger partial charge in [-0.1, -0.05) is 0 Å². The van der Waals surface area contributed by atoms with Gasteiger partial charge in [0.05, 0.1) is 10.8 Å². The van der Waals surface area contributed by atoms with Crippen LogP contribution in [-0.2, 0) is 16.4 Å². The standard InChI is InChI=1S/C9H16N4O3S2/c10-3-2-8-13-7(6-17-8)9(14)12-4-1-5-18(11,15)16/h6H,1-5,10H2,(H,12,14)(H2,11,15,16). The van der Waals surface area contributed by atoms with Gasteiger partial charge in [0.15, 0.2) is 0 Å². The molecular weight excluding hydrogens is 276 g/mol. The van der Waals surface area contributed by atoms with Gasteiger partial charge in [-0.25, -0.2) is 18.5 Å². The Hall–Kier alpha value is -1.03. The number of carbonyl (C=O) groups is 1. The first-order chi connectivity index (χ1) is 8.42. The smallest absolute Gasteiger partial charge is 0.270 e. The molecule has 1 rings (SSSR count). The Labute approximate surface area is 110 Å². The van der Waals surface area contributed by atoms with Gasteiger partial charge < -0.3 is 11.1 Å². The van der Waals surface area contributed by atoms with E-state index < -0.39 is 10.0 Å². The third-order valence-electron chi connectivity index (χ3n) is 2.03. The minimum Gasteiger partial charge on any atom is -0.351 e. The SMILES string of the molecule is NCCc1nc(C(=O)NCCCS(N)(=O)=O)cs1. The van der Waals surface area contributed by atoms with Crippen molar-refractivity contribution < 1.29 is 13.2 Å². The summed E-state index contributed by atoms with van der Waals surface area (Å²) in [5.74, 6) is -0.466. The Morgan fingerprint density at radius 3 is 2.83 bits per heavy atom. The number of aromatic nitrogens is 1. The molecule has 0 aliphatic carbocycles. The van der Waals surface area contributed by atoms with Crippen LogP contribution in [0.1, 0.15) is 21.9 Å². The molecule has 5 N–H and O–H groups in total. The predicted molar refractivity (Wildman–Crippen MR) is 69.8 cm³/mol. The van der Waals surface area contributed by atoms with E-state index in [-0.39, 0.29) is 24.6 Å². The predicted octanol–water partition coefficient (Wildman–Crippen LogP) is -0.947.